The van der Waals surface area contributed by atoms with Crippen molar-refractivity contribution in [3.8, 4) is 0 Å². The monoisotopic (exact) mass is 341 g/mol. The molecule has 0 radical (unpaired) electrons. The van der Waals surface area contributed by atoms with Crippen LogP contribution in [0.15, 0.2) is 24.3 Å². The van der Waals surface area contributed by atoms with Gasteiger partial charge >= 0.3 is 11.8 Å². The van der Waals surface area contributed by atoms with E-state index >= 15 is 0 Å². The van der Waals surface area contributed by atoms with E-state index in [1.54, 1.807) is 0 Å². The number of hydrogen-bond acceptors (Lipinski definition) is 6. The van der Waals surface area contributed by atoms with E-state index in [0.29, 0.717) is 0 Å². The lowest BCUT2D eigenvalue weighted by Crippen LogP contribution is -2.43. The van der Waals surface area contributed by atoms with E-state index in [0.717, 1.165) is 11.0 Å². The van der Waals surface area contributed by atoms with Crippen LogP contribution in [0.1, 0.15) is 6.42 Å². The SMILES string of the molecule is CN(C(=O)C(=O)Nc1cccc([N+](=O)[O-])c1)C1CCS(=O)(=O)C1. The first kappa shape index (κ1) is 16.9. The van der Waals surface area contributed by atoms with Gasteiger partial charge in [-0.15, -0.1) is 0 Å². The fourth-order valence-electron chi connectivity index (χ4n) is 2.29. The van der Waals surface area contributed by atoms with Crippen molar-refractivity contribution in [1.82, 2.24) is 4.90 Å². The van der Waals surface area contributed by atoms with Gasteiger partial charge in [0.2, 0.25) is 0 Å². The van der Waals surface area contributed by atoms with Crippen LogP contribution in [0.4, 0.5) is 11.4 Å². The maximum atomic E-state index is 12.0. The first-order valence-corrected chi connectivity index (χ1v) is 8.55. The second-order valence-corrected chi connectivity index (χ2v) is 7.46. The maximum Gasteiger partial charge on any atom is 0.313 e. The summed E-state index contributed by atoms with van der Waals surface area (Å²) in [6.07, 6.45) is 0.286. The van der Waals surface area contributed by atoms with Crippen LogP contribution >= 0.6 is 0 Å². The highest BCUT2D eigenvalue weighted by atomic mass is 32.2. The molecule has 1 unspecified atom stereocenters. The van der Waals surface area contributed by atoms with Gasteiger partial charge in [-0.1, -0.05) is 6.07 Å². The molecule has 1 saturated heterocycles. The summed E-state index contributed by atoms with van der Waals surface area (Å²) < 4.78 is 22.9. The normalized spacial score (nSPS) is 19.1. The van der Waals surface area contributed by atoms with Crippen LogP contribution in [0, 0.1) is 10.1 Å². The van der Waals surface area contributed by atoms with Crippen LogP contribution in [-0.4, -0.2) is 54.7 Å². The topological polar surface area (TPSA) is 127 Å². The average molecular weight is 341 g/mol. The third kappa shape index (κ3) is 4.03. The van der Waals surface area contributed by atoms with E-state index in [-0.39, 0.29) is 29.3 Å². The van der Waals surface area contributed by atoms with Crippen LogP contribution in [0.3, 0.4) is 0 Å². The molecule has 0 saturated carbocycles. The number of nitrogens with one attached hydrogen (secondary N) is 1. The number of hydrogen-bond donors (Lipinski definition) is 1. The summed E-state index contributed by atoms with van der Waals surface area (Å²) in [6.45, 7) is 0. The zero-order valence-corrected chi connectivity index (χ0v) is 13.1. The van der Waals surface area contributed by atoms with E-state index in [2.05, 4.69) is 5.32 Å². The van der Waals surface area contributed by atoms with Gasteiger partial charge in [-0.25, -0.2) is 8.42 Å². The van der Waals surface area contributed by atoms with Crippen LogP contribution in [0.5, 0.6) is 0 Å². The third-order valence-electron chi connectivity index (χ3n) is 3.59. The molecule has 1 fully saturated rings. The smallest absolute Gasteiger partial charge is 0.313 e. The lowest BCUT2D eigenvalue weighted by molar-refractivity contribution is -0.384. The minimum atomic E-state index is -3.17. The highest BCUT2D eigenvalue weighted by molar-refractivity contribution is 7.91. The van der Waals surface area contributed by atoms with Crippen LogP contribution in [-0.2, 0) is 19.4 Å². The quantitative estimate of drug-likeness (QED) is 0.475. The Kier molecular flexibility index (Phi) is 4.64. The molecular weight excluding hydrogens is 326 g/mol. The van der Waals surface area contributed by atoms with E-state index in [1.165, 1.54) is 25.2 Å². The van der Waals surface area contributed by atoms with Gasteiger partial charge in [0.25, 0.3) is 5.69 Å². The van der Waals surface area contributed by atoms with Gasteiger partial charge in [0.05, 0.1) is 16.4 Å². The lowest BCUT2D eigenvalue weighted by atomic mass is 10.2. The van der Waals surface area contributed by atoms with E-state index < -0.39 is 32.6 Å². The highest BCUT2D eigenvalue weighted by Gasteiger charge is 2.34. The fraction of sp³-hybridized carbons (Fsp3) is 0.385. The molecule has 1 aliphatic heterocycles. The van der Waals surface area contributed by atoms with Crippen LogP contribution in [0.25, 0.3) is 0 Å². The molecule has 1 aromatic carbocycles. The molecule has 124 valence electrons. The number of likely N-dealkylation sites (N-methyl/N-ethyl adjacent to an activating group) is 1. The summed E-state index contributed by atoms with van der Waals surface area (Å²) in [5.41, 5.74) is -0.101. The summed E-state index contributed by atoms with van der Waals surface area (Å²) in [6, 6.07) is 4.64. The Hall–Kier alpha value is -2.49. The van der Waals surface area contributed by atoms with Gasteiger partial charge in [-0.3, -0.25) is 19.7 Å². The molecule has 1 aromatic rings. The first-order chi connectivity index (χ1) is 10.7. The first-order valence-electron chi connectivity index (χ1n) is 6.72. The predicted octanol–water partition coefficient (Wildman–Crippen LogP) is 0.179. The van der Waals surface area contributed by atoms with Crippen molar-refractivity contribution in [1.29, 1.82) is 0 Å². The van der Waals surface area contributed by atoms with Gasteiger partial charge in [-0.05, 0) is 12.5 Å². The molecule has 23 heavy (non-hydrogen) atoms. The minimum absolute atomic E-state index is 0.0121. The molecule has 0 spiro atoms. The number of non-ortho nitro benzene ring substituents is 1. The molecule has 1 N–H and O–H groups in total. The van der Waals surface area contributed by atoms with Crippen molar-refractivity contribution >= 4 is 33.0 Å². The van der Waals surface area contributed by atoms with Crippen molar-refractivity contribution in [2.75, 3.05) is 23.9 Å². The van der Waals surface area contributed by atoms with Gasteiger partial charge in [0.1, 0.15) is 0 Å². The van der Waals surface area contributed by atoms with E-state index in [4.69, 9.17) is 0 Å². The molecule has 10 heteroatoms. The van der Waals surface area contributed by atoms with Gasteiger partial charge in [-0.2, -0.15) is 0 Å². The lowest BCUT2D eigenvalue weighted by Gasteiger charge is -2.22. The number of nitrogens with zero attached hydrogens (tertiary/aromatic N) is 2. The number of amides is 2. The molecule has 1 aliphatic rings. The Labute approximate surface area is 132 Å². The molecule has 2 amide bonds. The molecule has 0 aliphatic carbocycles. The molecule has 1 atom stereocenters. The van der Waals surface area contributed by atoms with E-state index in [9.17, 15) is 28.1 Å². The van der Waals surface area contributed by atoms with Crippen LogP contribution < -0.4 is 5.32 Å². The average Bonchev–Trinajstić information content (AvgIpc) is 2.86. The number of rotatable bonds is 3. The van der Waals surface area contributed by atoms with Crippen molar-refractivity contribution in [2.45, 2.75) is 12.5 Å². The van der Waals surface area contributed by atoms with Crippen molar-refractivity contribution < 1.29 is 22.9 Å². The summed E-state index contributed by atoms with van der Waals surface area (Å²) in [5.74, 6) is -2.04. The second-order valence-electron chi connectivity index (χ2n) is 5.23. The Balaban J connectivity index is 2.04. The zero-order valence-electron chi connectivity index (χ0n) is 12.3. The molecule has 0 aromatic heterocycles. The molecule has 1 heterocycles. The Morgan fingerprint density at radius 3 is 2.65 bits per heavy atom. The zero-order chi connectivity index (χ0) is 17.2. The molecule has 0 bridgehead atoms. The van der Waals surface area contributed by atoms with Crippen molar-refractivity contribution in [3.63, 3.8) is 0 Å². The number of carbonyl (C=O) groups excluding carboxylic acids is 2. The molecule has 2 rings (SSSR count). The fourth-order valence-corrected chi connectivity index (χ4v) is 4.06. The number of sulfone groups is 1. The van der Waals surface area contributed by atoms with Crippen LogP contribution in [0.2, 0.25) is 0 Å². The molecule has 9 nitrogen and oxygen atoms in total. The molecular formula is C13H15N3O6S. The van der Waals surface area contributed by atoms with Gasteiger partial charge < -0.3 is 10.2 Å². The predicted molar refractivity (Wildman–Crippen MR) is 81.6 cm³/mol. The number of benzene rings is 1. The summed E-state index contributed by atoms with van der Waals surface area (Å²) >= 11 is 0. The third-order valence-corrected chi connectivity index (χ3v) is 5.34. The maximum absolute atomic E-state index is 12.0. The standard InChI is InChI=1S/C13H15N3O6S/c1-15(11-5-6-23(21,22)8-11)13(18)12(17)14-9-3-2-4-10(7-9)16(19)20/h2-4,7,11H,5-6,8H2,1H3,(H,14,17). The number of anilines is 1. The number of nitro groups is 1. The number of carbonyl (C=O) groups is 2. The van der Waals surface area contributed by atoms with Crippen molar-refractivity contribution in [2.24, 2.45) is 0 Å². The largest absolute Gasteiger partial charge is 0.333 e. The Bertz CT molecular complexity index is 761. The van der Waals surface area contributed by atoms with E-state index in [1.807, 2.05) is 0 Å². The minimum Gasteiger partial charge on any atom is -0.333 e. The highest BCUT2D eigenvalue weighted by Crippen LogP contribution is 2.19. The summed E-state index contributed by atoms with van der Waals surface area (Å²) in [5, 5.41) is 13.0. The Morgan fingerprint density at radius 2 is 2.09 bits per heavy atom. The summed E-state index contributed by atoms with van der Waals surface area (Å²) in [7, 11) is -1.81. The number of nitro benzene ring substituents is 1. The Morgan fingerprint density at radius 1 is 1.39 bits per heavy atom. The van der Waals surface area contributed by atoms with Gasteiger partial charge in [0, 0.05) is 30.9 Å². The van der Waals surface area contributed by atoms with Gasteiger partial charge in [0.15, 0.2) is 9.84 Å². The summed E-state index contributed by atoms with van der Waals surface area (Å²) in [4.78, 5) is 35.1. The van der Waals surface area contributed by atoms with Crippen molar-refractivity contribution in [3.05, 3.63) is 34.4 Å². The second kappa shape index (κ2) is 6.32.